The van der Waals surface area contributed by atoms with E-state index < -0.39 is 12.0 Å². The number of amides is 1. The Bertz CT molecular complexity index is 576. The van der Waals surface area contributed by atoms with E-state index >= 15 is 0 Å². The fourth-order valence-corrected chi connectivity index (χ4v) is 3.21. The Morgan fingerprint density at radius 1 is 1.50 bits per heavy atom. The van der Waals surface area contributed by atoms with Crippen molar-refractivity contribution in [2.45, 2.75) is 31.4 Å². The minimum atomic E-state index is -2.75. The molecule has 2 aliphatic rings. The van der Waals surface area contributed by atoms with E-state index in [1.807, 2.05) is 13.0 Å². The van der Waals surface area contributed by atoms with Crippen LogP contribution in [0.1, 0.15) is 22.5 Å². The summed E-state index contributed by atoms with van der Waals surface area (Å²) in [7, 11) is 0. The van der Waals surface area contributed by atoms with Crippen LogP contribution in [0.15, 0.2) is 18.3 Å². The van der Waals surface area contributed by atoms with Crippen LogP contribution in [0.25, 0.3) is 0 Å². The fourth-order valence-electron chi connectivity index (χ4n) is 3.21. The third kappa shape index (κ3) is 2.70. The number of aliphatic hydroxyl groups is 1. The number of likely N-dealkylation sites (tertiary alicyclic amines) is 2. The lowest BCUT2D eigenvalue weighted by molar-refractivity contribution is -0.0126. The van der Waals surface area contributed by atoms with Gasteiger partial charge in [0, 0.05) is 37.8 Å². The van der Waals surface area contributed by atoms with Crippen LogP contribution >= 0.6 is 0 Å². The van der Waals surface area contributed by atoms with Crippen molar-refractivity contribution in [1.82, 2.24) is 14.8 Å². The Morgan fingerprint density at radius 3 is 2.86 bits per heavy atom. The smallest absolute Gasteiger partial charge is 0.272 e. The highest BCUT2D eigenvalue weighted by Gasteiger charge is 2.50. The van der Waals surface area contributed by atoms with Gasteiger partial charge in [0.1, 0.15) is 5.69 Å². The molecule has 2 aliphatic heterocycles. The van der Waals surface area contributed by atoms with Crippen molar-refractivity contribution < 1.29 is 18.7 Å². The molecular weight excluding hydrogens is 292 g/mol. The molecule has 5 nitrogen and oxygen atoms in total. The fraction of sp³-hybridized carbons (Fsp3) is 0.600. The highest BCUT2D eigenvalue weighted by atomic mass is 19.3. The van der Waals surface area contributed by atoms with Crippen molar-refractivity contribution in [3.8, 4) is 0 Å². The first-order chi connectivity index (χ1) is 10.4. The molecule has 3 heterocycles. The zero-order chi connectivity index (χ0) is 15.9. The van der Waals surface area contributed by atoms with Crippen LogP contribution in [0.3, 0.4) is 0 Å². The van der Waals surface area contributed by atoms with Gasteiger partial charge >= 0.3 is 0 Å². The number of carbonyl (C=O) groups excluding carboxylic acids is 1. The third-order valence-electron chi connectivity index (χ3n) is 4.46. The first kappa shape index (κ1) is 15.3. The lowest BCUT2D eigenvalue weighted by atomic mass is 10.0. The predicted molar refractivity (Wildman–Crippen MR) is 75.8 cm³/mol. The van der Waals surface area contributed by atoms with Gasteiger partial charge in [0.2, 0.25) is 0 Å². The van der Waals surface area contributed by atoms with Crippen molar-refractivity contribution in [3.05, 3.63) is 29.6 Å². The maximum atomic E-state index is 13.5. The minimum Gasteiger partial charge on any atom is -0.395 e. The standard InChI is InChI=1S/C15H19F2N3O2/c1-10-3-2-4-18-13(10)14(22)19-6-12(7-19)20-9-15(16,17)5-11(20)8-21/h2-4,11-12,21H,5-9H2,1H3/t11-/m0/s1. The second kappa shape index (κ2) is 5.55. The Labute approximate surface area is 127 Å². The van der Waals surface area contributed by atoms with E-state index in [0.29, 0.717) is 18.8 Å². The number of hydrogen-bond donors (Lipinski definition) is 1. The largest absolute Gasteiger partial charge is 0.395 e. The number of alkyl halides is 2. The Balaban J connectivity index is 1.62. The Morgan fingerprint density at radius 2 is 2.23 bits per heavy atom. The van der Waals surface area contributed by atoms with Crippen LogP contribution in [0.2, 0.25) is 0 Å². The summed E-state index contributed by atoms with van der Waals surface area (Å²) in [5.41, 5.74) is 1.21. The van der Waals surface area contributed by atoms with Crippen molar-refractivity contribution >= 4 is 5.91 Å². The first-order valence-corrected chi connectivity index (χ1v) is 7.36. The van der Waals surface area contributed by atoms with Crippen LogP contribution in [0, 0.1) is 6.92 Å². The molecule has 1 N–H and O–H groups in total. The summed E-state index contributed by atoms with van der Waals surface area (Å²) >= 11 is 0. The number of aryl methyl sites for hydroxylation is 1. The van der Waals surface area contributed by atoms with Gasteiger partial charge in [-0.05, 0) is 18.6 Å². The first-order valence-electron chi connectivity index (χ1n) is 7.36. The van der Waals surface area contributed by atoms with Gasteiger partial charge < -0.3 is 10.0 Å². The summed E-state index contributed by atoms with van der Waals surface area (Å²) in [6, 6.07) is 2.95. The number of nitrogens with zero attached hydrogens (tertiary/aromatic N) is 3. The van der Waals surface area contributed by atoms with E-state index in [1.54, 1.807) is 22.1 Å². The van der Waals surface area contributed by atoms with E-state index in [1.165, 1.54) is 0 Å². The molecule has 0 unspecified atom stereocenters. The summed E-state index contributed by atoms with van der Waals surface area (Å²) in [6.45, 7) is 2.01. The summed E-state index contributed by atoms with van der Waals surface area (Å²) < 4.78 is 27.0. The van der Waals surface area contributed by atoms with E-state index in [-0.39, 0.29) is 31.5 Å². The lowest BCUT2D eigenvalue weighted by Gasteiger charge is -2.45. The molecule has 22 heavy (non-hydrogen) atoms. The summed E-state index contributed by atoms with van der Waals surface area (Å²) in [5, 5.41) is 9.26. The molecule has 0 aliphatic carbocycles. The number of hydrogen-bond acceptors (Lipinski definition) is 4. The number of rotatable bonds is 3. The van der Waals surface area contributed by atoms with E-state index in [9.17, 15) is 18.7 Å². The molecule has 0 aromatic carbocycles. The van der Waals surface area contributed by atoms with Gasteiger partial charge in [-0.3, -0.25) is 14.7 Å². The predicted octanol–water partition coefficient (Wildman–Crippen LogP) is 0.916. The molecule has 120 valence electrons. The highest BCUT2D eigenvalue weighted by Crippen LogP contribution is 2.35. The molecule has 0 radical (unpaired) electrons. The molecule has 0 bridgehead atoms. The topological polar surface area (TPSA) is 56.7 Å². The van der Waals surface area contributed by atoms with Gasteiger partial charge in [-0.15, -0.1) is 0 Å². The van der Waals surface area contributed by atoms with E-state index in [0.717, 1.165) is 5.56 Å². The van der Waals surface area contributed by atoms with Gasteiger partial charge in [-0.2, -0.15) is 0 Å². The van der Waals surface area contributed by atoms with Crippen molar-refractivity contribution in [1.29, 1.82) is 0 Å². The van der Waals surface area contributed by atoms with Gasteiger partial charge in [-0.1, -0.05) is 6.07 Å². The van der Waals surface area contributed by atoms with Crippen molar-refractivity contribution in [2.75, 3.05) is 26.2 Å². The average molecular weight is 311 g/mol. The number of pyridine rings is 1. The molecule has 1 amide bonds. The number of aliphatic hydroxyl groups excluding tert-OH is 1. The van der Waals surface area contributed by atoms with E-state index in [4.69, 9.17) is 0 Å². The van der Waals surface area contributed by atoms with Crippen LogP contribution in [-0.4, -0.2) is 70.0 Å². The monoisotopic (exact) mass is 311 g/mol. The Hall–Kier alpha value is -1.60. The average Bonchev–Trinajstić information content (AvgIpc) is 2.72. The van der Waals surface area contributed by atoms with E-state index in [2.05, 4.69) is 4.98 Å². The molecule has 1 aromatic rings. The van der Waals surface area contributed by atoms with Gasteiger partial charge in [0.05, 0.1) is 13.2 Å². The van der Waals surface area contributed by atoms with Gasteiger partial charge in [-0.25, -0.2) is 8.78 Å². The molecule has 1 aromatic heterocycles. The highest BCUT2D eigenvalue weighted by molar-refractivity contribution is 5.94. The summed E-state index contributed by atoms with van der Waals surface area (Å²) in [6.07, 6.45) is 1.26. The van der Waals surface area contributed by atoms with Gasteiger partial charge in [0.15, 0.2) is 0 Å². The summed E-state index contributed by atoms with van der Waals surface area (Å²) in [4.78, 5) is 19.7. The van der Waals surface area contributed by atoms with Crippen molar-refractivity contribution in [2.24, 2.45) is 0 Å². The quantitative estimate of drug-likeness (QED) is 0.902. The second-order valence-corrected chi connectivity index (χ2v) is 6.10. The second-order valence-electron chi connectivity index (χ2n) is 6.10. The zero-order valence-corrected chi connectivity index (χ0v) is 12.4. The molecular formula is C15H19F2N3O2. The molecule has 0 saturated carbocycles. The molecule has 2 fully saturated rings. The molecule has 1 atom stereocenters. The Kier molecular flexibility index (Phi) is 3.86. The minimum absolute atomic E-state index is 0.113. The number of halogens is 2. The zero-order valence-electron chi connectivity index (χ0n) is 12.4. The maximum Gasteiger partial charge on any atom is 0.272 e. The van der Waals surface area contributed by atoms with Crippen LogP contribution in [0.4, 0.5) is 8.78 Å². The molecule has 7 heteroatoms. The molecule has 0 spiro atoms. The van der Waals surface area contributed by atoms with Crippen LogP contribution in [-0.2, 0) is 0 Å². The van der Waals surface area contributed by atoms with Crippen molar-refractivity contribution in [3.63, 3.8) is 0 Å². The SMILES string of the molecule is Cc1cccnc1C(=O)N1CC(N2CC(F)(F)C[C@H]2CO)C1. The maximum absolute atomic E-state index is 13.5. The number of carbonyl (C=O) groups is 1. The molecule has 2 saturated heterocycles. The lowest BCUT2D eigenvalue weighted by Crippen LogP contribution is -2.62. The third-order valence-corrected chi connectivity index (χ3v) is 4.46. The van der Waals surface area contributed by atoms with Crippen LogP contribution < -0.4 is 0 Å². The van der Waals surface area contributed by atoms with Crippen LogP contribution in [0.5, 0.6) is 0 Å². The van der Waals surface area contributed by atoms with Gasteiger partial charge in [0.25, 0.3) is 11.8 Å². The normalized spacial score (nSPS) is 25.3. The number of aromatic nitrogens is 1. The molecule has 3 rings (SSSR count). The summed E-state index contributed by atoms with van der Waals surface area (Å²) in [5.74, 6) is -2.92.